The molecule has 0 radical (unpaired) electrons. The summed E-state index contributed by atoms with van der Waals surface area (Å²) >= 11 is 1.49. The van der Waals surface area contributed by atoms with Crippen molar-refractivity contribution in [2.24, 2.45) is 0 Å². The summed E-state index contributed by atoms with van der Waals surface area (Å²) in [6.07, 6.45) is 1.74. The Labute approximate surface area is 190 Å². The van der Waals surface area contributed by atoms with E-state index in [0.717, 1.165) is 37.6 Å². The number of nitrogens with zero attached hydrogens (tertiary/aromatic N) is 2. The monoisotopic (exact) mass is 457 g/mol. The van der Waals surface area contributed by atoms with Gasteiger partial charge in [-0.25, -0.2) is 18.4 Å². The number of benzene rings is 3. The van der Waals surface area contributed by atoms with E-state index in [1.54, 1.807) is 24.4 Å². The second-order valence-corrected chi connectivity index (χ2v) is 9.98. The molecule has 0 aliphatic rings. The Morgan fingerprint density at radius 3 is 2.31 bits per heavy atom. The van der Waals surface area contributed by atoms with Crippen LogP contribution in [0.4, 0.5) is 5.69 Å². The number of hydrogen-bond acceptors (Lipinski definition) is 5. The summed E-state index contributed by atoms with van der Waals surface area (Å²) in [6, 6.07) is 26.1. The van der Waals surface area contributed by atoms with Gasteiger partial charge in [-0.1, -0.05) is 65.9 Å². The molecule has 0 spiro atoms. The van der Waals surface area contributed by atoms with Crippen molar-refractivity contribution in [3.05, 3.63) is 96.7 Å². The molecule has 2 aromatic heterocycles. The minimum absolute atomic E-state index is 0.214. The lowest BCUT2D eigenvalue weighted by molar-refractivity contribution is 0.601. The number of nitrogens with one attached hydrogen (secondary N) is 1. The van der Waals surface area contributed by atoms with Crippen LogP contribution in [0.3, 0.4) is 0 Å². The predicted molar refractivity (Wildman–Crippen MR) is 130 cm³/mol. The SMILES string of the molecule is Cc1c(NS(=O)(=O)c2ccc(-c3ccccc3)cc2)cccc1-c1nc2cccnc2s1. The van der Waals surface area contributed by atoms with Crippen LogP contribution < -0.4 is 4.72 Å². The molecule has 0 atom stereocenters. The van der Waals surface area contributed by atoms with Crippen molar-refractivity contribution in [3.8, 4) is 21.7 Å². The predicted octanol–water partition coefficient (Wildman–Crippen LogP) is 6.13. The van der Waals surface area contributed by atoms with Gasteiger partial charge < -0.3 is 0 Å². The molecule has 0 fully saturated rings. The number of fused-ring (bicyclic) bond motifs is 1. The molecule has 0 amide bonds. The lowest BCUT2D eigenvalue weighted by atomic mass is 10.1. The van der Waals surface area contributed by atoms with Gasteiger partial charge in [-0.2, -0.15) is 0 Å². The minimum atomic E-state index is -3.74. The molecule has 0 bridgehead atoms. The van der Waals surface area contributed by atoms with Gasteiger partial charge in [0.2, 0.25) is 0 Å². The molecule has 5 aromatic rings. The molecule has 1 N–H and O–H groups in total. The number of thiazole rings is 1. The molecular formula is C25H19N3O2S2. The topological polar surface area (TPSA) is 72.0 Å². The number of hydrogen-bond donors (Lipinski definition) is 1. The lowest BCUT2D eigenvalue weighted by Gasteiger charge is -2.13. The number of sulfonamides is 1. The van der Waals surface area contributed by atoms with Gasteiger partial charge in [0, 0.05) is 11.8 Å². The van der Waals surface area contributed by atoms with E-state index in [4.69, 9.17) is 0 Å². The first-order valence-electron chi connectivity index (χ1n) is 10.0. The number of anilines is 1. The van der Waals surface area contributed by atoms with Gasteiger partial charge in [-0.05, 0) is 53.9 Å². The first-order valence-corrected chi connectivity index (χ1v) is 12.3. The van der Waals surface area contributed by atoms with Crippen LogP contribution in [0.25, 0.3) is 32.0 Å². The van der Waals surface area contributed by atoms with Crippen LogP contribution in [-0.4, -0.2) is 18.4 Å². The molecule has 32 heavy (non-hydrogen) atoms. The lowest BCUT2D eigenvalue weighted by Crippen LogP contribution is -2.14. The number of rotatable bonds is 5. The average Bonchev–Trinajstić information content (AvgIpc) is 3.25. The fourth-order valence-corrected chi connectivity index (χ4v) is 5.64. The largest absolute Gasteiger partial charge is 0.279 e. The molecule has 0 aliphatic heterocycles. The minimum Gasteiger partial charge on any atom is -0.279 e. The van der Waals surface area contributed by atoms with Crippen molar-refractivity contribution in [1.82, 2.24) is 9.97 Å². The zero-order valence-corrected chi connectivity index (χ0v) is 18.8. The summed E-state index contributed by atoms with van der Waals surface area (Å²) in [4.78, 5) is 10.1. The van der Waals surface area contributed by atoms with E-state index in [1.807, 2.05) is 73.7 Å². The van der Waals surface area contributed by atoms with Crippen molar-refractivity contribution in [1.29, 1.82) is 0 Å². The zero-order chi connectivity index (χ0) is 22.1. The van der Waals surface area contributed by atoms with Crippen molar-refractivity contribution in [2.75, 3.05) is 4.72 Å². The van der Waals surface area contributed by atoms with Gasteiger partial charge >= 0.3 is 0 Å². The maximum absolute atomic E-state index is 13.1. The maximum atomic E-state index is 13.1. The second kappa shape index (κ2) is 8.18. The van der Waals surface area contributed by atoms with Crippen LogP contribution in [0, 0.1) is 6.92 Å². The zero-order valence-electron chi connectivity index (χ0n) is 17.2. The van der Waals surface area contributed by atoms with E-state index in [1.165, 1.54) is 11.3 Å². The van der Waals surface area contributed by atoms with Crippen LogP contribution in [0.1, 0.15) is 5.56 Å². The van der Waals surface area contributed by atoms with Crippen LogP contribution in [-0.2, 0) is 10.0 Å². The molecule has 5 nitrogen and oxygen atoms in total. The number of aromatic nitrogens is 2. The Morgan fingerprint density at radius 2 is 1.56 bits per heavy atom. The van der Waals surface area contributed by atoms with E-state index >= 15 is 0 Å². The Balaban J connectivity index is 1.45. The highest BCUT2D eigenvalue weighted by atomic mass is 32.2. The summed E-state index contributed by atoms with van der Waals surface area (Å²) in [5.41, 5.74) is 5.06. The van der Waals surface area contributed by atoms with E-state index in [-0.39, 0.29) is 4.90 Å². The summed E-state index contributed by atoms with van der Waals surface area (Å²) in [5.74, 6) is 0. The van der Waals surface area contributed by atoms with Crippen molar-refractivity contribution < 1.29 is 8.42 Å². The Bertz CT molecular complexity index is 1480. The summed E-state index contributed by atoms with van der Waals surface area (Å²) in [7, 11) is -3.74. The third kappa shape index (κ3) is 3.88. The van der Waals surface area contributed by atoms with Crippen molar-refractivity contribution in [2.45, 2.75) is 11.8 Å². The highest BCUT2D eigenvalue weighted by molar-refractivity contribution is 7.92. The standard InChI is InChI=1S/C25H19N3O2S2/c1-17-21(24-27-23-11-6-16-26-25(23)31-24)9-5-10-22(17)28-32(29,30)20-14-12-19(13-15-20)18-7-3-2-4-8-18/h2-16,28H,1H3. The van der Waals surface area contributed by atoms with E-state index in [2.05, 4.69) is 14.7 Å². The van der Waals surface area contributed by atoms with E-state index in [9.17, 15) is 8.42 Å². The van der Waals surface area contributed by atoms with Gasteiger partial charge in [0.25, 0.3) is 10.0 Å². The quantitative estimate of drug-likeness (QED) is 0.344. The van der Waals surface area contributed by atoms with Crippen molar-refractivity contribution in [3.63, 3.8) is 0 Å². The molecule has 0 saturated heterocycles. The molecule has 3 aromatic carbocycles. The van der Waals surface area contributed by atoms with Crippen molar-refractivity contribution >= 4 is 37.4 Å². The van der Waals surface area contributed by atoms with Crippen LogP contribution in [0.5, 0.6) is 0 Å². The smallest absolute Gasteiger partial charge is 0.261 e. The molecule has 2 heterocycles. The average molecular weight is 458 g/mol. The maximum Gasteiger partial charge on any atom is 0.261 e. The van der Waals surface area contributed by atoms with E-state index in [0.29, 0.717) is 5.69 Å². The highest BCUT2D eigenvalue weighted by Crippen LogP contribution is 2.34. The Kier molecular flexibility index (Phi) is 5.20. The summed E-state index contributed by atoms with van der Waals surface area (Å²) in [5, 5.41) is 0.810. The van der Waals surface area contributed by atoms with Gasteiger partial charge in [0.05, 0.1) is 10.6 Å². The third-order valence-corrected chi connectivity index (χ3v) is 7.64. The van der Waals surface area contributed by atoms with Crippen LogP contribution in [0.2, 0.25) is 0 Å². The third-order valence-electron chi connectivity index (χ3n) is 5.25. The van der Waals surface area contributed by atoms with Gasteiger partial charge in [0.1, 0.15) is 15.4 Å². The molecular weight excluding hydrogens is 438 g/mol. The first-order chi connectivity index (χ1) is 15.5. The molecule has 158 valence electrons. The molecule has 0 saturated carbocycles. The normalized spacial score (nSPS) is 11.5. The Hall–Kier alpha value is -3.55. The second-order valence-electron chi connectivity index (χ2n) is 7.32. The summed E-state index contributed by atoms with van der Waals surface area (Å²) in [6.45, 7) is 1.89. The van der Waals surface area contributed by atoms with Gasteiger partial charge in [-0.15, -0.1) is 0 Å². The van der Waals surface area contributed by atoms with E-state index < -0.39 is 10.0 Å². The fraction of sp³-hybridized carbons (Fsp3) is 0.0400. The molecule has 0 unspecified atom stereocenters. The highest BCUT2D eigenvalue weighted by Gasteiger charge is 2.18. The summed E-state index contributed by atoms with van der Waals surface area (Å²) < 4.78 is 28.9. The van der Waals surface area contributed by atoms with Gasteiger partial charge in [0.15, 0.2) is 0 Å². The van der Waals surface area contributed by atoms with Crippen LogP contribution >= 0.6 is 11.3 Å². The molecule has 5 rings (SSSR count). The number of pyridine rings is 1. The Morgan fingerprint density at radius 1 is 0.812 bits per heavy atom. The molecule has 0 aliphatic carbocycles. The fourth-order valence-electron chi connectivity index (χ4n) is 3.52. The molecule has 7 heteroatoms. The first kappa shape index (κ1) is 20.4. The van der Waals surface area contributed by atoms with Gasteiger partial charge in [-0.3, -0.25) is 4.72 Å². The van der Waals surface area contributed by atoms with Crippen LogP contribution in [0.15, 0.2) is 96.0 Å².